The number of benzene rings is 1. The molecule has 16 heavy (non-hydrogen) atoms. The maximum Gasteiger partial charge on any atom is 0.417 e. The van der Waals surface area contributed by atoms with Crippen LogP contribution < -0.4 is 0 Å². The summed E-state index contributed by atoms with van der Waals surface area (Å²) in [6.45, 7) is 1.60. The second kappa shape index (κ2) is 3.63. The molecule has 2 rings (SSSR count). The van der Waals surface area contributed by atoms with Gasteiger partial charge in [0, 0.05) is 11.6 Å². The number of hydrogen-bond donors (Lipinski definition) is 0. The summed E-state index contributed by atoms with van der Waals surface area (Å²) in [4.78, 5) is 3.77. The van der Waals surface area contributed by atoms with Gasteiger partial charge in [-0.25, -0.2) is 4.98 Å². The van der Waals surface area contributed by atoms with Gasteiger partial charge in [-0.1, -0.05) is 11.6 Å². The van der Waals surface area contributed by atoms with E-state index >= 15 is 0 Å². The fraction of sp³-hybridized carbons (Fsp3) is 0.182. The average molecular weight is 246 g/mol. The maximum atomic E-state index is 12.8. The summed E-state index contributed by atoms with van der Waals surface area (Å²) in [6.07, 6.45) is -3.11. The predicted octanol–water partition coefficient (Wildman–Crippen LogP) is 4.22. The highest BCUT2D eigenvalue weighted by molar-refractivity contribution is 6.34. The number of aromatic nitrogens is 1. The molecule has 0 spiro atoms. The van der Waals surface area contributed by atoms with Crippen molar-refractivity contribution >= 4 is 22.4 Å². The van der Waals surface area contributed by atoms with E-state index in [-0.39, 0.29) is 10.5 Å². The number of hydrogen-bond acceptors (Lipinski definition) is 1. The molecule has 0 aliphatic rings. The Morgan fingerprint density at radius 1 is 1.19 bits per heavy atom. The second-order valence-corrected chi connectivity index (χ2v) is 3.87. The molecule has 1 nitrogen and oxygen atoms in total. The van der Waals surface area contributed by atoms with Crippen LogP contribution in [0.3, 0.4) is 0 Å². The molecule has 84 valence electrons. The van der Waals surface area contributed by atoms with Crippen LogP contribution in [0.5, 0.6) is 0 Å². The van der Waals surface area contributed by atoms with Crippen LogP contribution >= 0.6 is 11.6 Å². The van der Waals surface area contributed by atoms with Gasteiger partial charge in [0.15, 0.2) is 0 Å². The van der Waals surface area contributed by atoms with E-state index in [2.05, 4.69) is 4.98 Å². The maximum absolute atomic E-state index is 12.8. The van der Waals surface area contributed by atoms with Gasteiger partial charge >= 0.3 is 6.18 Å². The van der Waals surface area contributed by atoms with Crippen LogP contribution in [0.1, 0.15) is 11.1 Å². The van der Waals surface area contributed by atoms with Gasteiger partial charge in [0.05, 0.1) is 5.56 Å². The van der Waals surface area contributed by atoms with E-state index in [0.717, 1.165) is 6.07 Å². The fourth-order valence-electron chi connectivity index (χ4n) is 1.63. The lowest BCUT2D eigenvalue weighted by Crippen LogP contribution is -2.06. The van der Waals surface area contributed by atoms with Crippen molar-refractivity contribution in [2.75, 3.05) is 0 Å². The van der Waals surface area contributed by atoms with Crippen molar-refractivity contribution in [1.29, 1.82) is 0 Å². The first-order valence-corrected chi connectivity index (χ1v) is 4.89. The smallest absolute Gasteiger partial charge is 0.244 e. The van der Waals surface area contributed by atoms with Crippen molar-refractivity contribution in [2.45, 2.75) is 13.1 Å². The number of pyridine rings is 1. The van der Waals surface area contributed by atoms with Crippen LogP contribution in [0.4, 0.5) is 13.2 Å². The summed E-state index contributed by atoms with van der Waals surface area (Å²) >= 11 is 5.77. The molecule has 1 aromatic carbocycles. The number of nitrogens with zero attached hydrogens (tertiary/aromatic N) is 1. The molecule has 1 heterocycles. The minimum atomic E-state index is -4.38. The van der Waals surface area contributed by atoms with Crippen molar-refractivity contribution < 1.29 is 13.2 Å². The third-order valence-electron chi connectivity index (χ3n) is 2.28. The van der Waals surface area contributed by atoms with E-state index in [9.17, 15) is 13.2 Å². The molecular formula is C11H7ClF3N. The van der Waals surface area contributed by atoms with Crippen LogP contribution in [0, 0.1) is 6.92 Å². The standard InChI is InChI=1S/C11H7ClF3N/c1-6-4-8-7(2-3-16-10(8)12)9(5-6)11(13,14)15/h2-5H,1H3. The predicted molar refractivity (Wildman–Crippen MR) is 56.5 cm³/mol. The zero-order chi connectivity index (χ0) is 11.9. The molecule has 0 N–H and O–H groups in total. The zero-order valence-corrected chi connectivity index (χ0v) is 9.02. The van der Waals surface area contributed by atoms with Gasteiger partial charge in [0.1, 0.15) is 5.15 Å². The third-order valence-corrected chi connectivity index (χ3v) is 2.58. The van der Waals surface area contributed by atoms with Crippen LogP contribution in [0.2, 0.25) is 5.15 Å². The Hall–Kier alpha value is -1.29. The van der Waals surface area contributed by atoms with Crippen LogP contribution in [0.15, 0.2) is 24.4 Å². The topological polar surface area (TPSA) is 12.9 Å². The molecule has 0 radical (unpaired) electrons. The highest BCUT2D eigenvalue weighted by atomic mass is 35.5. The van der Waals surface area contributed by atoms with E-state index in [1.54, 1.807) is 13.0 Å². The quantitative estimate of drug-likeness (QED) is 0.634. The van der Waals surface area contributed by atoms with Gasteiger partial charge in [0.2, 0.25) is 0 Å². The minimum Gasteiger partial charge on any atom is -0.244 e. The second-order valence-electron chi connectivity index (χ2n) is 3.51. The summed E-state index contributed by atoms with van der Waals surface area (Å²) < 4.78 is 38.3. The first-order valence-electron chi connectivity index (χ1n) is 4.51. The van der Waals surface area contributed by atoms with Gasteiger partial charge in [-0.2, -0.15) is 13.2 Å². The molecule has 0 amide bonds. The van der Waals surface area contributed by atoms with Crippen molar-refractivity contribution in [2.24, 2.45) is 0 Å². The van der Waals surface area contributed by atoms with E-state index in [4.69, 9.17) is 11.6 Å². The Morgan fingerprint density at radius 3 is 2.50 bits per heavy atom. The number of rotatable bonds is 0. The molecule has 0 bridgehead atoms. The molecule has 0 atom stereocenters. The van der Waals surface area contributed by atoms with Gasteiger partial charge in [0.25, 0.3) is 0 Å². The summed E-state index contributed by atoms with van der Waals surface area (Å²) in [5.74, 6) is 0. The lowest BCUT2D eigenvalue weighted by Gasteiger charge is -2.11. The Balaban J connectivity index is 2.89. The number of aryl methyl sites for hydroxylation is 1. The van der Waals surface area contributed by atoms with E-state index < -0.39 is 11.7 Å². The summed E-state index contributed by atoms with van der Waals surface area (Å²) in [7, 11) is 0. The largest absolute Gasteiger partial charge is 0.417 e. The molecule has 0 aliphatic carbocycles. The van der Waals surface area contributed by atoms with Crippen molar-refractivity contribution in [3.63, 3.8) is 0 Å². The highest BCUT2D eigenvalue weighted by Crippen LogP contribution is 2.36. The number of fused-ring (bicyclic) bond motifs is 1. The number of alkyl halides is 3. The molecule has 2 aromatic rings. The monoisotopic (exact) mass is 245 g/mol. The van der Waals surface area contributed by atoms with Gasteiger partial charge < -0.3 is 0 Å². The highest BCUT2D eigenvalue weighted by Gasteiger charge is 2.32. The van der Waals surface area contributed by atoms with Crippen molar-refractivity contribution in [3.05, 3.63) is 40.7 Å². The third kappa shape index (κ3) is 1.85. The van der Waals surface area contributed by atoms with Gasteiger partial charge in [-0.15, -0.1) is 0 Å². The van der Waals surface area contributed by atoms with Crippen molar-refractivity contribution in [1.82, 2.24) is 4.98 Å². The number of halogens is 4. The molecule has 5 heteroatoms. The molecule has 0 saturated carbocycles. The van der Waals surface area contributed by atoms with Crippen LogP contribution in [-0.2, 0) is 6.18 Å². The Labute approximate surface area is 94.9 Å². The first kappa shape index (κ1) is 11.2. The van der Waals surface area contributed by atoms with E-state index in [1.807, 2.05) is 0 Å². The minimum absolute atomic E-state index is 0.0816. The Kier molecular flexibility index (Phi) is 2.54. The lowest BCUT2D eigenvalue weighted by atomic mass is 10.0. The van der Waals surface area contributed by atoms with Gasteiger partial charge in [-0.05, 0) is 36.1 Å². The SMILES string of the molecule is Cc1cc(C(F)(F)F)c2ccnc(Cl)c2c1. The average Bonchev–Trinajstić information content (AvgIpc) is 2.17. The van der Waals surface area contributed by atoms with E-state index in [0.29, 0.717) is 10.9 Å². The zero-order valence-electron chi connectivity index (χ0n) is 8.27. The van der Waals surface area contributed by atoms with Gasteiger partial charge in [-0.3, -0.25) is 0 Å². The van der Waals surface area contributed by atoms with Crippen LogP contribution in [0.25, 0.3) is 10.8 Å². The Morgan fingerprint density at radius 2 is 1.88 bits per heavy atom. The molecule has 0 aliphatic heterocycles. The van der Waals surface area contributed by atoms with Crippen LogP contribution in [-0.4, -0.2) is 4.98 Å². The molecule has 0 fully saturated rings. The molecular weight excluding hydrogens is 239 g/mol. The summed E-state index contributed by atoms with van der Waals surface area (Å²) in [6, 6.07) is 4.03. The molecule has 0 saturated heterocycles. The summed E-state index contributed by atoms with van der Waals surface area (Å²) in [5, 5.41) is 0.501. The molecule has 1 aromatic heterocycles. The van der Waals surface area contributed by atoms with E-state index in [1.165, 1.54) is 12.3 Å². The first-order chi connectivity index (χ1) is 7.39. The Bertz CT molecular complexity index is 549. The summed E-state index contributed by atoms with van der Waals surface area (Å²) in [5.41, 5.74) is -0.165. The molecule has 0 unspecified atom stereocenters. The lowest BCUT2D eigenvalue weighted by molar-refractivity contribution is -0.136. The normalized spacial score (nSPS) is 12.1. The fourth-order valence-corrected chi connectivity index (χ4v) is 1.84. The van der Waals surface area contributed by atoms with Crippen molar-refractivity contribution in [3.8, 4) is 0 Å².